The van der Waals surface area contributed by atoms with E-state index in [1.165, 1.54) is 22.9 Å². The molecule has 0 saturated carbocycles. The molecule has 6 nitrogen and oxygen atoms in total. The van der Waals surface area contributed by atoms with Crippen molar-refractivity contribution in [2.45, 2.75) is 12.1 Å². The van der Waals surface area contributed by atoms with Crippen LogP contribution in [0.2, 0.25) is 0 Å². The molecule has 0 saturated heterocycles. The van der Waals surface area contributed by atoms with Crippen LogP contribution in [0.5, 0.6) is 0 Å². The zero-order valence-electron chi connectivity index (χ0n) is 13.6. The van der Waals surface area contributed by atoms with Gasteiger partial charge in [0.15, 0.2) is 0 Å². The van der Waals surface area contributed by atoms with E-state index in [4.69, 9.17) is 10.7 Å². The average molecular weight is 381 g/mol. The Balaban J connectivity index is 1.79. The van der Waals surface area contributed by atoms with Crippen molar-refractivity contribution >= 4 is 34.5 Å². The van der Waals surface area contributed by atoms with E-state index in [0.29, 0.717) is 12.1 Å². The minimum Gasteiger partial charge on any atom is -0.364 e. The molecule has 1 aromatic carbocycles. The number of carbonyl (C=O) groups excluding carboxylic acids is 1. The van der Waals surface area contributed by atoms with Gasteiger partial charge in [-0.25, -0.2) is 4.99 Å². The van der Waals surface area contributed by atoms with Crippen molar-refractivity contribution in [3.63, 3.8) is 0 Å². The van der Waals surface area contributed by atoms with E-state index in [1.807, 2.05) is 59.4 Å². The Morgan fingerprint density at radius 2 is 2.04 bits per heavy atom. The topological polar surface area (TPSA) is 93.3 Å². The second-order valence-electron chi connectivity index (χ2n) is 5.78. The largest absolute Gasteiger partial charge is 0.364 e. The number of amides is 1. The lowest BCUT2D eigenvalue weighted by Crippen LogP contribution is -2.45. The van der Waals surface area contributed by atoms with Gasteiger partial charge in [-0.1, -0.05) is 40.9 Å². The Morgan fingerprint density at radius 3 is 2.69 bits per heavy atom. The van der Waals surface area contributed by atoms with E-state index < -0.39 is 11.6 Å². The van der Waals surface area contributed by atoms with E-state index in [2.05, 4.69) is 14.9 Å². The molecule has 1 amide bonds. The highest BCUT2D eigenvalue weighted by Crippen LogP contribution is 2.36. The van der Waals surface area contributed by atoms with E-state index in [1.54, 1.807) is 0 Å². The van der Waals surface area contributed by atoms with Gasteiger partial charge in [0.05, 0.1) is 4.88 Å². The van der Waals surface area contributed by atoms with Crippen LogP contribution in [0.15, 0.2) is 70.0 Å². The molecule has 3 aromatic rings. The third kappa shape index (κ3) is 2.93. The van der Waals surface area contributed by atoms with Crippen molar-refractivity contribution in [2.24, 2.45) is 10.7 Å². The van der Waals surface area contributed by atoms with E-state index in [-0.39, 0.29) is 5.71 Å². The Hall–Kier alpha value is -2.84. The molecule has 0 aliphatic carbocycles. The molecule has 0 spiro atoms. The van der Waals surface area contributed by atoms with Crippen LogP contribution in [-0.2, 0) is 16.9 Å². The van der Waals surface area contributed by atoms with Gasteiger partial charge in [-0.2, -0.15) is 0 Å². The fourth-order valence-corrected chi connectivity index (χ4v) is 4.23. The highest BCUT2D eigenvalue weighted by atomic mass is 32.1. The van der Waals surface area contributed by atoms with Gasteiger partial charge in [-0.3, -0.25) is 4.79 Å². The zero-order chi connectivity index (χ0) is 18.0. The molecular formula is C18H15N5OS2. The number of carbonyl (C=O) groups is 1. The van der Waals surface area contributed by atoms with Crippen molar-refractivity contribution in [1.29, 1.82) is 0 Å². The van der Waals surface area contributed by atoms with Crippen LogP contribution < -0.4 is 11.1 Å². The van der Waals surface area contributed by atoms with Crippen molar-refractivity contribution < 1.29 is 4.79 Å². The van der Waals surface area contributed by atoms with Crippen LogP contribution in [0.25, 0.3) is 0 Å². The van der Waals surface area contributed by atoms with Gasteiger partial charge < -0.3 is 11.1 Å². The molecule has 3 N–H and O–H groups in total. The first-order valence-electron chi connectivity index (χ1n) is 7.91. The minimum atomic E-state index is -0.980. The third-order valence-electron chi connectivity index (χ3n) is 4.12. The number of aliphatic imine (C=N–C) groups is 1. The minimum absolute atomic E-state index is 0.258. The molecule has 1 atom stereocenters. The zero-order valence-corrected chi connectivity index (χ0v) is 15.3. The fraction of sp³-hybridized carbons (Fsp3) is 0.111. The van der Waals surface area contributed by atoms with Gasteiger partial charge in [0.25, 0.3) is 5.91 Å². The number of aromatic nitrogens is 2. The number of nitrogens with one attached hydrogen (secondary N) is 1. The summed E-state index contributed by atoms with van der Waals surface area (Å²) in [5.41, 5.74) is 7.41. The van der Waals surface area contributed by atoms with E-state index >= 15 is 0 Å². The predicted molar refractivity (Wildman–Crippen MR) is 103 cm³/mol. The van der Waals surface area contributed by atoms with Crippen LogP contribution in [0.1, 0.15) is 16.1 Å². The van der Waals surface area contributed by atoms with Crippen LogP contribution >= 0.6 is 22.9 Å². The maximum atomic E-state index is 12.2. The van der Waals surface area contributed by atoms with Gasteiger partial charge in [0, 0.05) is 23.6 Å². The second-order valence-corrected chi connectivity index (χ2v) is 7.34. The van der Waals surface area contributed by atoms with Crippen LogP contribution in [0, 0.1) is 0 Å². The maximum Gasteiger partial charge on any atom is 0.267 e. The number of nitrogens with zero attached hydrogens (tertiary/aromatic N) is 3. The predicted octanol–water partition coefficient (Wildman–Crippen LogP) is 2.46. The highest BCUT2D eigenvalue weighted by molar-refractivity contribution is 7.10. The SMILES string of the molecule is NC(=O)C1=NC(c2csnn2)(c2cccs2)NC=C1Cc1ccccc1. The van der Waals surface area contributed by atoms with E-state index in [0.717, 1.165) is 16.0 Å². The van der Waals surface area contributed by atoms with Crippen LogP contribution in [0.3, 0.4) is 0 Å². The lowest BCUT2D eigenvalue weighted by molar-refractivity contribution is -0.112. The Morgan fingerprint density at radius 1 is 1.19 bits per heavy atom. The van der Waals surface area contributed by atoms with Gasteiger partial charge in [-0.15, -0.1) is 16.4 Å². The summed E-state index contributed by atoms with van der Waals surface area (Å²) in [5.74, 6) is -0.558. The molecule has 2 aromatic heterocycles. The summed E-state index contributed by atoms with van der Waals surface area (Å²) in [7, 11) is 0. The lowest BCUT2D eigenvalue weighted by atomic mass is 9.96. The summed E-state index contributed by atoms with van der Waals surface area (Å²) in [4.78, 5) is 17.8. The summed E-state index contributed by atoms with van der Waals surface area (Å²) in [6.45, 7) is 0. The molecular weight excluding hydrogens is 366 g/mol. The van der Waals surface area contributed by atoms with Gasteiger partial charge in [-0.05, 0) is 28.5 Å². The normalized spacial score (nSPS) is 19.4. The summed E-state index contributed by atoms with van der Waals surface area (Å²) >= 11 is 2.77. The summed E-state index contributed by atoms with van der Waals surface area (Å²) in [6.07, 6.45) is 2.38. The maximum absolute atomic E-state index is 12.2. The van der Waals surface area contributed by atoms with Crippen LogP contribution in [-0.4, -0.2) is 21.2 Å². The quantitative estimate of drug-likeness (QED) is 0.710. The molecule has 0 radical (unpaired) electrons. The Kier molecular flexibility index (Phi) is 4.36. The summed E-state index contributed by atoms with van der Waals surface area (Å²) in [6, 6.07) is 13.8. The first kappa shape index (κ1) is 16.6. The number of benzene rings is 1. The highest BCUT2D eigenvalue weighted by Gasteiger charge is 2.40. The van der Waals surface area contributed by atoms with E-state index in [9.17, 15) is 4.79 Å². The van der Waals surface area contributed by atoms with Crippen molar-refractivity contribution in [2.75, 3.05) is 0 Å². The molecule has 3 heterocycles. The molecule has 26 heavy (non-hydrogen) atoms. The van der Waals surface area contributed by atoms with Crippen LogP contribution in [0.4, 0.5) is 0 Å². The van der Waals surface area contributed by atoms with Gasteiger partial charge in [0.1, 0.15) is 11.4 Å². The first-order valence-corrected chi connectivity index (χ1v) is 9.63. The van der Waals surface area contributed by atoms with Gasteiger partial charge >= 0.3 is 0 Å². The number of nitrogens with two attached hydrogens (primary N) is 1. The molecule has 1 unspecified atom stereocenters. The lowest BCUT2D eigenvalue weighted by Gasteiger charge is -2.32. The number of thiophene rings is 1. The first-order chi connectivity index (χ1) is 12.7. The van der Waals surface area contributed by atoms with Crippen molar-refractivity contribution in [1.82, 2.24) is 14.9 Å². The molecule has 8 heteroatoms. The standard InChI is InChI=1S/C18H15N5OS2/c19-17(24)16-13(9-12-5-2-1-3-6-12)10-20-18(21-16,14-11-26-23-22-14)15-7-4-8-25-15/h1-8,10-11,20H,9H2,(H2,19,24). The smallest absolute Gasteiger partial charge is 0.267 e. The molecule has 0 fully saturated rings. The molecule has 1 aliphatic heterocycles. The number of hydrogen-bond donors (Lipinski definition) is 2. The Labute approximate surface area is 158 Å². The molecule has 4 rings (SSSR count). The third-order valence-corrected chi connectivity index (χ3v) is 5.60. The number of rotatable bonds is 5. The average Bonchev–Trinajstić information content (AvgIpc) is 3.37. The second kappa shape index (κ2) is 6.81. The van der Waals surface area contributed by atoms with Crippen molar-refractivity contribution in [3.8, 4) is 0 Å². The Bertz CT molecular complexity index is 928. The number of hydrogen-bond acceptors (Lipinski definition) is 7. The number of primary amides is 1. The monoisotopic (exact) mass is 381 g/mol. The molecule has 130 valence electrons. The van der Waals surface area contributed by atoms with Crippen molar-refractivity contribution in [3.05, 3.63) is 81.1 Å². The van der Waals surface area contributed by atoms with Gasteiger partial charge in [0.2, 0.25) is 5.66 Å². The fourth-order valence-electron chi connectivity index (χ4n) is 2.89. The summed E-state index contributed by atoms with van der Waals surface area (Å²) in [5, 5.41) is 11.3. The summed E-state index contributed by atoms with van der Waals surface area (Å²) < 4.78 is 3.96. The molecule has 1 aliphatic rings. The molecule has 0 bridgehead atoms.